The van der Waals surface area contributed by atoms with Crippen LogP contribution in [0.2, 0.25) is 36.3 Å². The summed E-state index contributed by atoms with van der Waals surface area (Å²) < 4.78 is 26.8. The predicted molar refractivity (Wildman–Crippen MR) is 378 cm³/mol. The number of rotatable bonds is 21. The number of carbonyl (C=O) groups excluding carboxylic acids is 1. The molecule has 1 saturated heterocycles. The van der Waals surface area contributed by atoms with Crippen molar-refractivity contribution in [3.63, 3.8) is 0 Å². The third-order valence-electron chi connectivity index (χ3n) is 21.7. The lowest BCUT2D eigenvalue weighted by Gasteiger charge is -2.43. The normalized spacial score (nSPS) is 16.0. The van der Waals surface area contributed by atoms with Gasteiger partial charge in [-0.25, -0.2) is 0 Å². The Morgan fingerprint density at radius 2 is 0.826 bits per heavy atom. The summed E-state index contributed by atoms with van der Waals surface area (Å²) in [6.45, 7) is 65.9. The van der Waals surface area contributed by atoms with Crippen LogP contribution in [-0.2, 0) is 41.8 Å². The maximum atomic E-state index is 11.7. The highest BCUT2D eigenvalue weighted by atomic mass is 28.4. The van der Waals surface area contributed by atoms with E-state index in [1.54, 1.807) is 6.92 Å². The van der Waals surface area contributed by atoms with Gasteiger partial charge >= 0.3 is 7.12 Å². The fraction of sp³-hybridized carbons (Fsp3) is 0.603. The van der Waals surface area contributed by atoms with Gasteiger partial charge in [-0.2, -0.15) is 0 Å². The Balaban J connectivity index is 0.000000314. The first-order valence-corrected chi connectivity index (χ1v) is 38.9. The fourth-order valence-corrected chi connectivity index (χ4v) is 15.4. The first-order valence-electron chi connectivity index (χ1n) is 33.1. The minimum atomic E-state index is -1.86. The second-order valence-corrected chi connectivity index (χ2v) is 41.7. The molecule has 8 heteroatoms. The van der Waals surface area contributed by atoms with Gasteiger partial charge in [0.15, 0.2) is 22.4 Å². The minimum absolute atomic E-state index is 0.0372. The molecule has 1 fully saturated rings. The Hall–Kier alpha value is -3.89. The second-order valence-electron chi connectivity index (χ2n) is 32.2. The van der Waals surface area contributed by atoms with E-state index in [4.69, 9.17) is 18.2 Å². The Kier molecular flexibility index (Phi) is 23.1. The Labute approximate surface area is 530 Å². The summed E-state index contributed by atoms with van der Waals surface area (Å²) in [5, 5.41) is 0.410. The van der Waals surface area contributed by atoms with E-state index in [1.807, 2.05) is 12.1 Å². The van der Waals surface area contributed by atoms with Crippen LogP contribution in [0, 0.1) is 38.5 Å². The smallest absolute Gasteiger partial charge is 0.413 e. The van der Waals surface area contributed by atoms with Crippen molar-refractivity contribution < 1.29 is 23.0 Å². The molecular formula is C78H121BO5Si2. The van der Waals surface area contributed by atoms with E-state index in [-0.39, 0.29) is 68.0 Å². The maximum Gasteiger partial charge on any atom is 0.495 e. The molecule has 2 unspecified atom stereocenters. The van der Waals surface area contributed by atoms with Crippen LogP contribution in [0.25, 0.3) is 11.1 Å². The molecule has 6 rings (SSSR count). The van der Waals surface area contributed by atoms with Crippen molar-refractivity contribution in [2.45, 2.75) is 295 Å². The molecule has 0 aliphatic carbocycles. The summed E-state index contributed by atoms with van der Waals surface area (Å²) >= 11 is 0. The van der Waals surface area contributed by atoms with Crippen LogP contribution in [0.5, 0.6) is 0 Å². The van der Waals surface area contributed by atoms with E-state index in [2.05, 4.69) is 277 Å². The monoisotopic (exact) mass is 1200 g/mol. The van der Waals surface area contributed by atoms with E-state index in [0.29, 0.717) is 0 Å². The molecule has 0 N–H and O–H groups in total. The lowest BCUT2D eigenvalue weighted by molar-refractivity contribution is 0.00578. The molecule has 5 aromatic carbocycles. The van der Waals surface area contributed by atoms with Crippen LogP contribution in [0.15, 0.2) is 97.1 Å². The highest BCUT2D eigenvalue weighted by molar-refractivity contribution is 6.74. The number of hydrogen-bond acceptors (Lipinski definition) is 5. The highest BCUT2D eigenvalue weighted by Gasteiger charge is 2.52. The number of benzene rings is 5. The third kappa shape index (κ3) is 16.3. The van der Waals surface area contributed by atoms with Crippen LogP contribution >= 0.6 is 0 Å². The van der Waals surface area contributed by atoms with Gasteiger partial charge in [0.1, 0.15) is 0 Å². The van der Waals surface area contributed by atoms with Crippen LogP contribution in [0.1, 0.15) is 250 Å². The van der Waals surface area contributed by atoms with E-state index >= 15 is 0 Å². The topological polar surface area (TPSA) is 54.0 Å². The molecule has 86 heavy (non-hydrogen) atoms. The number of Topliss-reactive ketones (excluding diaryl/α,β-unsaturated/α-hetero) is 1. The van der Waals surface area contributed by atoms with Gasteiger partial charge in [0, 0.05) is 16.4 Å². The molecule has 0 amide bonds. The van der Waals surface area contributed by atoms with Gasteiger partial charge in [0.25, 0.3) is 0 Å². The molecule has 0 aromatic heterocycles. The van der Waals surface area contributed by atoms with Gasteiger partial charge in [0.05, 0.1) is 23.4 Å². The maximum absolute atomic E-state index is 11.7. The van der Waals surface area contributed by atoms with Crippen LogP contribution in [0.4, 0.5) is 0 Å². The average Bonchev–Trinajstić information content (AvgIpc) is 1.33. The van der Waals surface area contributed by atoms with Crippen molar-refractivity contribution in [1.82, 2.24) is 0 Å². The lowest BCUT2D eigenvalue weighted by Crippen LogP contribution is -2.47. The molecule has 0 bridgehead atoms. The largest absolute Gasteiger partial charge is 0.495 e. The molecule has 0 saturated carbocycles. The Morgan fingerprint density at radius 3 is 1.13 bits per heavy atom. The number of ketones is 1. The molecule has 1 aliphatic rings. The molecule has 1 aliphatic heterocycles. The Bertz CT molecular complexity index is 3060. The van der Waals surface area contributed by atoms with Gasteiger partial charge in [0.2, 0.25) is 0 Å². The zero-order valence-electron chi connectivity index (χ0n) is 60.2. The van der Waals surface area contributed by atoms with Crippen molar-refractivity contribution in [1.29, 1.82) is 0 Å². The standard InChI is InChI=1S/C40H58O2Si.C38H63BO3Si/c1-14-40(15-2,35-23-24-36(29(4)27-35)33-18-16-32(17-19-33)30(5)41)34-22-20-31(28(3)26-34)21-25-37(38(6,7)8)42-43(12,13)39(9,10)11;1-17-38(18-2,31-22-23-32(28(4)26-31)39-41-36(11,12)37(13,14)42-39)30-21-19-29(27(3)25-30)20-24-33(34(5,6)7)40-43(15,16)35(8,9)10/h16-20,22-24,26-27,37H,14-15,21,25H2,1-13H3;19,21-23,25-26,33H,17-18,20,24H2,1-16H3. The SMILES string of the molecule is CCC(CC)(c1ccc(CCC(O[Si](C)(C)C(C)(C)C)C(C)(C)C)c(C)c1)c1ccc(-c2ccc(C(C)=O)cc2)c(C)c1.CCC(CC)(c1ccc(CCC(O[Si](C)(C)C(C)(C)C)C(C)(C)C)c(C)c1)c1ccc(B2OC(C)(C)C(C)(C)O2)c(C)c1. The van der Waals surface area contributed by atoms with Crippen LogP contribution in [0.3, 0.4) is 0 Å². The first-order chi connectivity index (χ1) is 39.4. The van der Waals surface area contributed by atoms with Gasteiger partial charge in [-0.1, -0.05) is 213 Å². The van der Waals surface area contributed by atoms with Crippen molar-refractivity contribution in [2.24, 2.45) is 10.8 Å². The molecule has 5 nitrogen and oxygen atoms in total. The summed E-state index contributed by atoms with van der Waals surface area (Å²) in [5.74, 6) is 0.101. The Morgan fingerprint density at radius 1 is 0.488 bits per heavy atom. The first kappa shape index (κ1) is 72.9. The second kappa shape index (κ2) is 27.3. The van der Waals surface area contributed by atoms with E-state index in [9.17, 15) is 4.79 Å². The zero-order chi connectivity index (χ0) is 65.2. The van der Waals surface area contributed by atoms with Gasteiger partial charge in [-0.05, 0) is 227 Å². The van der Waals surface area contributed by atoms with Gasteiger partial charge in [-0.15, -0.1) is 0 Å². The summed E-state index contributed by atoms with van der Waals surface area (Å²) in [4.78, 5) is 11.7. The summed E-state index contributed by atoms with van der Waals surface area (Å²) in [5.41, 5.74) is 17.4. The van der Waals surface area contributed by atoms with Crippen LogP contribution in [-0.4, -0.2) is 52.9 Å². The molecule has 0 spiro atoms. The fourth-order valence-electron chi connectivity index (χ4n) is 12.4. The molecule has 2 atom stereocenters. The zero-order valence-corrected chi connectivity index (χ0v) is 62.2. The van der Waals surface area contributed by atoms with Crippen molar-refractivity contribution in [3.8, 4) is 11.1 Å². The number of hydrogen-bond donors (Lipinski definition) is 0. The predicted octanol–water partition coefficient (Wildman–Crippen LogP) is 21.7. The molecule has 0 radical (unpaired) electrons. The van der Waals surface area contributed by atoms with Crippen molar-refractivity contribution in [3.05, 3.63) is 158 Å². The van der Waals surface area contributed by atoms with Crippen molar-refractivity contribution >= 4 is 35.0 Å². The van der Waals surface area contributed by atoms with Crippen LogP contribution < -0.4 is 5.46 Å². The molecule has 1 heterocycles. The van der Waals surface area contributed by atoms with E-state index < -0.39 is 16.6 Å². The summed E-state index contributed by atoms with van der Waals surface area (Å²) in [6, 6.07) is 36.4. The van der Waals surface area contributed by atoms with E-state index in [1.165, 1.54) is 61.2 Å². The summed E-state index contributed by atoms with van der Waals surface area (Å²) in [7, 11) is -4.06. The quantitative estimate of drug-likeness (QED) is 0.0541. The number of carbonyl (C=O) groups is 1. The third-order valence-corrected chi connectivity index (χ3v) is 30.7. The van der Waals surface area contributed by atoms with Crippen molar-refractivity contribution in [2.75, 3.05) is 0 Å². The highest BCUT2D eigenvalue weighted by Crippen LogP contribution is 2.46. The van der Waals surface area contributed by atoms with Gasteiger partial charge in [-0.3, -0.25) is 4.79 Å². The lowest BCUT2D eigenvalue weighted by atomic mass is 9.67. The average molecular weight is 1210 g/mol. The van der Waals surface area contributed by atoms with Gasteiger partial charge < -0.3 is 18.2 Å². The molecule has 474 valence electrons. The van der Waals surface area contributed by atoms with E-state index in [0.717, 1.165) is 68.0 Å². The molecular weight excluding hydrogens is 1080 g/mol. The number of aryl methyl sites for hydroxylation is 6. The minimum Gasteiger partial charge on any atom is -0.413 e. The molecule has 5 aromatic rings. The summed E-state index contributed by atoms with van der Waals surface area (Å²) in [6.07, 6.45) is 8.80.